The molecule has 1 fully saturated rings. The predicted molar refractivity (Wildman–Crippen MR) is 127 cm³/mol. The number of rotatable bonds is 9. The van der Waals surface area contributed by atoms with Gasteiger partial charge in [0, 0.05) is 31.7 Å². The van der Waals surface area contributed by atoms with Gasteiger partial charge in [-0.05, 0) is 50.0 Å². The molecule has 2 atom stereocenters. The van der Waals surface area contributed by atoms with Gasteiger partial charge < -0.3 is 15.1 Å². The first-order chi connectivity index (χ1) is 15.3. The largest absolute Gasteiger partial charge is 0.350 e. The van der Waals surface area contributed by atoms with Crippen molar-refractivity contribution >= 4 is 11.8 Å². The fourth-order valence-corrected chi connectivity index (χ4v) is 4.00. The minimum absolute atomic E-state index is 0.0577. The van der Waals surface area contributed by atoms with Crippen molar-refractivity contribution in [3.63, 3.8) is 0 Å². The maximum absolute atomic E-state index is 12.8. The molecule has 174 valence electrons. The number of aromatic nitrogens is 2. The van der Waals surface area contributed by atoms with Crippen LogP contribution >= 0.6 is 0 Å². The molecule has 2 aromatic rings. The van der Waals surface area contributed by atoms with Crippen LogP contribution in [0.5, 0.6) is 0 Å². The maximum Gasteiger partial charge on any atom is 0.243 e. The zero-order valence-electron chi connectivity index (χ0n) is 20.0. The quantitative estimate of drug-likeness (QED) is 0.652. The van der Waals surface area contributed by atoms with Crippen LogP contribution in [0.15, 0.2) is 36.5 Å². The SMILES string of the molecule is CC(C)C(C)C(=O)N1CCCC1C(=O)NCc1ccc(-c2ccnn2CCN(C)C)cc1. The minimum atomic E-state index is -0.353. The van der Waals surface area contributed by atoms with E-state index in [2.05, 4.69) is 41.5 Å². The van der Waals surface area contributed by atoms with Crippen LogP contribution in [0.2, 0.25) is 0 Å². The lowest BCUT2D eigenvalue weighted by molar-refractivity contribution is -0.142. The summed E-state index contributed by atoms with van der Waals surface area (Å²) in [4.78, 5) is 29.5. The summed E-state index contributed by atoms with van der Waals surface area (Å²) in [5, 5.41) is 7.47. The topological polar surface area (TPSA) is 70.5 Å². The lowest BCUT2D eigenvalue weighted by atomic mass is 9.96. The summed E-state index contributed by atoms with van der Waals surface area (Å²) < 4.78 is 2.01. The second-order valence-electron chi connectivity index (χ2n) is 9.38. The van der Waals surface area contributed by atoms with Gasteiger partial charge in [0.05, 0.1) is 12.2 Å². The molecule has 3 rings (SSSR count). The van der Waals surface area contributed by atoms with Gasteiger partial charge in [0.2, 0.25) is 11.8 Å². The van der Waals surface area contributed by atoms with E-state index in [9.17, 15) is 9.59 Å². The summed E-state index contributed by atoms with van der Waals surface area (Å²) in [5.41, 5.74) is 3.22. The first-order valence-corrected chi connectivity index (χ1v) is 11.6. The molecule has 1 N–H and O–H groups in total. The highest BCUT2D eigenvalue weighted by Crippen LogP contribution is 2.23. The van der Waals surface area contributed by atoms with Gasteiger partial charge in [0.15, 0.2) is 0 Å². The molecule has 1 aliphatic rings. The van der Waals surface area contributed by atoms with Gasteiger partial charge in [-0.3, -0.25) is 14.3 Å². The Labute approximate surface area is 191 Å². The fourth-order valence-electron chi connectivity index (χ4n) is 4.00. The van der Waals surface area contributed by atoms with E-state index in [1.165, 1.54) is 0 Å². The van der Waals surface area contributed by atoms with Gasteiger partial charge in [-0.25, -0.2) is 0 Å². The van der Waals surface area contributed by atoms with Gasteiger partial charge in [0.25, 0.3) is 0 Å². The number of nitrogens with zero attached hydrogens (tertiary/aromatic N) is 4. The molecule has 1 saturated heterocycles. The van der Waals surface area contributed by atoms with Crippen molar-refractivity contribution in [1.82, 2.24) is 24.9 Å². The van der Waals surface area contributed by atoms with E-state index < -0.39 is 0 Å². The summed E-state index contributed by atoms with van der Waals surface area (Å²) >= 11 is 0. The molecule has 1 aromatic carbocycles. The van der Waals surface area contributed by atoms with Gasteiger partial charge in [-0.1, -0.05) is 45.0 Å². The Kier molecular flexibility index (Phi) is 8.07. The Balaban J connectivity index is 1.58. The number of hydrogen-bond acceptors (Lipinski definition) is 4. The molecule has 7 heteroatoms. The van der Waals surface area contributed by atoms with E-state index in [4.69, 9.17) is 0 Å². The number of benzene rings is 1. The molecule has 1 aromatic heterocycles. The molecule has 0 bridgehead atoms. The normalized spacial score (nSPS) is 17.2. The minimum Gasteiger partial charge on any atom is -0.350 e. The van der Waals surface area contributed by atoms with Crippen molar-refractivity contribution < 1.29 is 9.59 Å². The number of likely N-dealkylation sites (N-methyl/N-ethyl adjacent to an activating group) is 1. The first kappa shape index (κ1) is 24.0. The van der Waals surface area contributed by atoms with E-state index in [-0.39, 0.29) is 29.7 Å². The second-order valence-corrected chi connectivity index (χ2v) is 9.38. The van der Waals surface area contributed by atoms with E-state index in [1.807, 2.05) is 49.8 Å². The molecule has 7 nitrogen and oxygen atoms in total. The zero-order chi connectivity index (χ0) is 23.3. The van der Waals surface area contributed by atoms with E-state index in [1.54, 1.807) is 4.90 Å². The highest BCUT2D eigenvalue weighted by Gasteiger charge is 2.36. The molecule has 32 heavy (non-hydrogen) atoms. The third-order valence-electron chi connectivity index (χ3n) is 6.42. The molecule has 0 saturated carbocycles. The third-order valence-corrected chi connectivity index (χ3v) is 6.42. The summed E-state index contributed by atoms with van der Waals surface area (Å²) in [6, 6.07) is 9.89. The van der Waals surface area contributed by atoms with Crippen LogP contribution in [0.3, 0.4) is 0 Å². The van der Waals surface area contributed by atoms with Gasteiger partial charge >= 0.3 is 0 Å². The Morgan fingerprint density at radius 1 is 1.16 bits per heavy atom. The number of amides is 2. The van der Waals surface area contributed by atoms with Crippen molar-refractivity contribution in [3.05, 3.63) is 42.1 Å². The summed E-state index contributed by atoms with van der Waals surface area (Å²) in [6.07, 6.45) is 3.44. The molecular weight excluding hydrogens is 402 g/mol. The van der Waals surface area contributed by atoms with Crippen LogP contribution in [-0.2, 0) is 22.7 Å². The van der Waals surface area contributed by atoms with Crippen LogP contribution in [0.25, 0.3) is 11.3 Å². The van der Waals surface area contributed by atoms with Crippen molar-refractivity contribution in [2.75, 3.05) is 27.2 Å². The molecule has 0 aliphatic carbocycles. The molecule has 2 unspecified atom stereocenters. The molecule has 2 amide bonds. The standard InChI is InChI=1S/C25H37N5O2/c1-18(2)19(3)25(32)29-14-6-7-23(29)24(31)26-17-20-8-10-21(11-9-20)22-12-13-27-30(22)16-15-28(4)5/h8-13,18-19,23H,6-7,14-17H2,1-5H3,(H,26,31). The van der Waals surface area contributed by atoms with Crippen LogP contribution in [0.4, 0.5) is 0 Å². The van der Waals surface area contributed by atoms with Gasteiger partial charge in [-0.15, -0.1) is 0 Å². The Hall–Kier alpha value is -2.67. The van der Waals surface area contributed by atoms with Crippen LogP contribution < -0.4 is 5.32 Å². The molecule has 0 radical (unpaired) electrons. The van der Waals surface area contributed by atoms with Crippen LogP contribution in [0, 0.1) is 11.8 Å². The Morgan fingerprint density at radius 3 is 2.53 bits per heavy atom. The smallest absolute Gasteiger partial charge is 0.243 e. The Bertz CT molecular complexity index is 903. The van der Waals surface area contributed by atoms with Crippen LogP contribution in [-0.4, -0.2) is 64.6 Å². The summed E-state index contributed by atoms with van der Waals surface area (Å²) in [6.45, 7) is 8.93. The molecule has 2 heterocycles. The van der Waals surface area contributed by atoms with E-state index in [0.717, 1.165) is 42.8 Å². The Morgan fingerprint density at radius 2 is 1.88 bits per heavy atom. The molecule has 0 spiro atoms. The lowest BCUT2D eigenvalue weighted by Crippen LogP contribution is -2.48. The number of nitrogens with one attached hydrogen (secondary N) is 1. The van der Waals surface area contributed by atoms with E-state index in [0.29, 0.717) is 13.1 Å². The van der Waals surface area contributed by atoms with Gasteiger partial charge in [0.1, 0.15) is 6.04 Å². The van der Waals surface area contributed by atoms with Crippen molar-refractivity contribution in [1.29, 1.82) is 0 Å². The second kappa shape index (κ2) is 10.8. The third kappa shape index (κ3) is 5.76. The maximum atomic E-state index is 12.8. The van der Waals surface area contributed by atoms with Crippen molar-refractivity contribution in [3.8, 4) is 11.3 Å². The van der Waals surface area contributed by atoms with Crippen LogP contribution in [0.1, 0.15) is 39.2 Å². The number of hydrogen-bond donors (Lipinski definition) is 1. The number of likely N-dealkylation sites (tertiary alicyclic amines) is 1. The number of carbonyl (C=O) groups excluding carboxylic acids is 2. The molecular formula is C25H37N5O2. The summed E-state index contributed by atoms with van der Waals surface area (Å²) in [7, 11) is 4.11. The zero-order valence-corrected chi connectivity index (χ0v) is 20.0. The average Bonchev–Trinajstić information content (AvgIpc) is 3.45. The lowest BCUT2D eigenvalue weighted by Gasteiger charge is -2.28. The van der Waals surface area contributed by atoms with Crippen molar-refractivity contribution in [2.45, 2.75) is 52.7 Å². The highest BCUT2D eigenvalue weighted by molar-refractivity contribution is 5.89. The average molecular weight is 440 g/mol. The van der Waals surface area contributed by atoms with E-state index >= 15 is 0 Å². The fraction of sp³-hybridized carbons (Fsp3) is 0.560. The monoisotopic (exact) mass is 439 g/mol. The summed E-state index contributed by atoms with van der Waals surface area (Å²) in [5.74, 6) is 0.233. The first-order valence-electron chi connectivity index (χ1n) is 11.6. The highest BCUT2D eigenvalue weighted by atomic mass is 16.2. The predicted octanol–water partition coefficient (Wildman–Crippen LogP) is 3.01. The molecule has 1 aliphatic heterocycles. The number of carbonyl (C=O) groups is 2. The van der Waals surface area contributed by atoms with Crippen molar-refractivity contribution in [2.24, 2.45) is 11.8 Å². The van der Waals surface area contributed by atoms with Gasteiger partial charge in [-0.2, -0.15) is 5.10 Å².